The van der Waals surface area contributed by atoms with Gasteiger partial charge in [-0.15, -0.1) is 0 Å². The molecule has 2 aromatic carbocycles. The van der Waals surface area contributed by atoms with E-state index < -0.39 is 6.10 Å². The van der Waals surface area contributed by atoms with E-state index in [9.17, 15) is 9.59 Å². The molecule has 1 aliphatic heterocycles. The van der Waals surface area contributed by atoms with Gasteiger partial charge in [-0.3, -0.25) is 9.59 Å². The monoisotopic (exact) mass is 477 g/mol. The molecular formula is C18H13Br2N3O3. The second-order valence-electron chi connectivity index (χ2n) is 5.93. The Morgan fingerprint density at radius 3 is 2.77 bits per heavy atom. The van der Waals surface area contributed by atoms with Gasteiger partial charge >= 0.3 is 0 Å². The average molecular weight is 479 g/mol. The van der Waals surface area contributed by atoms with Crippen LogP contribution in [-0.4, -0.2) is 22.9 Å². The highest BCUT2D eigenvalue weighted by Crippen LogP contribution is 2.33. The first-order valence-electron chi connectivity index (χ1n) is 7.81. The largest absolute Gasteiger partial charge is 0.479 e. The third-order valence-corrected chi connectivity index (χ3v) is 5.98. The van der Waals surface area contributed by atoms with E-state index in [0.29, 0.717) is 22.7 Å². The van der Waals surface area contributed by atoms with Crippen LogP contribution in [0, 0.1) is 0 Å². The van der Waals surface area contributed by atoms with Gasteiger partial charge in [0.25, 0.3) is 11.8 Å². The van der Waals surface area contributed by atoms with Gasteiger partial charge in [-0.05, 0) is 69.1 Å². The standard InChI is InChI=1S/C18H13Br2N3O3/c1-8-17(24)23-15-4-9(2-3-16(15)26-8)22-18(25)11-7-21-14-6-13(20)12(19)5-10(11)14/h2-8,21H,1H3,(H,22,25)(H,23,24). The van der Waals surface area contributed by atoms with Crippen molar-refractivity contribution < 1.29 is 14.3 Å². The summed E-state index contributed by atoms with van der Waals surface area (Å²) in [5, 5.41) is 6.43. The lowest BCUT2D eigenvalue weighted by Gasteiger charge is -2.23. The number of anilines is 2. The fourth-order valence-electron chi connectivity index (χ4n) is 2.79. The molecule has 1 aromatic heterocycles. The van der Waals surface area contributed by atoms with Gasteiger partial charge in [0.2, 0.25) is 0 Å². The van der Waals surface area contributed by atoms with Crippen LogP contribution in [0.5, 0.6) is 5.75 Å². The summed E-state index contributed by atoms with van der Waals surface area (Å²) in [4.78, 5) is 27.5. The minimum atomic E-state index is -0.535. The normalized spacial score (nSPS) is 16.0. The van der Waals surface area contributed by atoms with Crippen LogP contribution >= 0.6 is 31.9 Å². The number of carbonyl (C=O) groups excluding carboxylic acids is 2. The van der Waals surface area contributed by atoms with E-state index >= 15 is 0 Å². The van der Waals surface area contributed by atoms with Crippen molar-refractivity contribution in [2.75, 3.05) is 10.6 Å². The third kappa shape index (κ3) is 2.99. The first kappa shape index (κ1) is 17.1. The molecule has 2 amide bonds. The first-order valence-corrected chi connectivity index (χ1v) is 9.40. The number of hydrogen-bond donors (Lipinski definition) is 3. The van der Waals surface area contributed by atoms with Crippen LogP contribution in [0.2, 0.25) is 0 Å². The Balaban J connectivity index is 1.62. The van der Waals surface area contributed by atoms with Crippen molar-refractivity contribution in [3.05, 3.63) is 51.0 Å². The summed E-state index contributed by atoms with van der Waals surface area (Å²) in [6.45, 7) is 1.68. The number of amides is 2. The summed E-state index contributed by atoms with van der Waals surface area (Å²) < 4.78 is 7.28. The number of fused-ring (bicyclic) bond motifs is 2. The average Bonchev–Trinajstić information content (AvgIpc) is 2.99. The molecule has 0 saturated heterocycles. The molecule has 1 atom stereocenters. The number of H-pyrrole nitrogens is 1. The zero-order valence-corrected chi connectivity index (χ0v) is 16.7. The summed E-state index contributed by atoms with van der Waals surface area (Å²) >= 11 is 6.90. The van der Waals surface area contributed by atoms with Gasteiger partial charge in [0.05, 0.1) is 11.3 Å². The maximum Gasteiger partial charge on any atom is 0.265 e. The van der Waals surface area contributed by atoms with Gasteiger partial charge in [-0.25, -0.2) is 0 Å². The van der Waals surface area contributed by atoms with Crippen LogP contribution in [0.3, 0.4) is 0 Å². The molecule has 4 rings (SSSR count). The molecule has 8 heteroatoms. The summed E-state index contributed by atoms with van der Waals surface area (Å²) in [5.41, 5.74) is 2.49. The first-order chi connectivity index (χ1) is 12.4. The lowest BCUT2D eigenvalue weighted by Crippen LogP contribution is -2.34. The number of nitrogens with one attached hydrogen (secondary N) is 3. The van der Waals surface area contributed by atoms with Gasteiger partial charge in [0, 0.05) is 31.7 Å². The minimum absolute atomic E-state index is 0.215. The molecule has 132 valence electrons. The van der Waals surface area contributed by atoms with Gasteiger partial charge in [-0.1, -0.05) is 0 Å². The summed E-state index contributed by atoms with van der Waals surface area (Å²) in [6.07, 6.45) is 1.14. The summed E-state index contributed by atoms with van der Waals surface area (Å²) in [7, 11) is 0. The van der Waals surface area contributed by atoms with Crippen molar-refractivity contribution in [1.82, 2.24) is 4.98 Å². The molecule has 3 aromatic rings. The van der Waals surface area contributed by atoms with Crippen LogP contribution in [-0.2, 0) is 4.79 Å². The molecule has 6 nitrogen and oxygen atoms in total. The Morgan fingerprint density at radius 1 is 1.19 bits per heavy atom. The van der Waals surface area contributed by atoms with Gasteiger partial charge in [0.15, 0.2) is 6.10 Å². The van der Waals surface area contributed by atoms with E-state index in [-0.39, 0.29) is 11.8 Å². The maximum atomic E-state index is 12.7. The van der Waals surface area contributed by atoms with Crippen molar-refractivity contribution in [1.29, 1.82) is 0 Å². The predicted octanol–water partition coefficient (Wildman–Crippen LogP) is 4.66. The lowest BCUT2D eigenvalue weighted by atomic mass is 10.1. The quantitative estimate of drug-likeness (QED) is 0.500. The zero-order valence-electron chi connectivity index (χ0n) is 13.5. The molecule has 0 fully saturated rings. The number of hydrogen-bond acceptors (Lipinski definition) is 3. The number of carbonyl (C=O) groups is 2. The molecule has 26 heavy (non-hydrogen) atoms. The maximum absolute atomic E-state index is 12.7. The Hall–Kier alpha value is -2.32. The van der Waals surface area contributed by atoms with E-state index in [0.717, 1.165) is 19.8 Å². The Bertz CT molecular complexity index is 1060. The highest BCUT2D eigenvalue weighted by Gasteiger charge is 2.24. The Morgan fingerprint density at radius 2 is 1.96 bits per heavy atom. The molecule has 0 spiro atoms. The van der Waals surface area contributed by atoms with Crippen molar-refractivity contribution in [3.8, 4) is 5.75 Å². The van der Waals surface area contributed by atoms with Crippen molar-refractivity contribution in [2.45, 2.75) is 13.0 Å². The molecule has 1 unspecified atom stereocenters. The molecule has 0 bridgehead atoms. The second kappa shape index (κ2) is 6.44. The molecule has 0 radical (unpaired) electrons. The van der Waals surface area contributed by atoms with Crippen LogP contribution in [0.15, 0.2) is 45.5 Å². The topological polar surface area (TPSA) is 83.2 Å². The fourth-order valence-corrected chi connectivity index (χ4v) is 3.48. The smallest absolute Gasteiger partial charge is 0.265 e. The summed E-state index contributed by atoms with van der Waals surface area (Å²) in [5.74, 6) is 0.117. The van der Waals surface area contributed by atoms with Crippen molar-refractivity contribution in [3.63, 3.8) is 0 Å². The van der Waals surface area contributed by atoms with Crippen LogP contribution < -0.4 is 15.4 Å². The third-order valence-electron chi connectivity index (χ3n) is 4.14. The van der Waals surface area contributed by atoms with Gasteiger partial charge in [-0.2, -0.15) is 0 Å². The number of ether oxygens (including phenoxy) is 1. The fraction of sp³-hybridized carbons (Fsp3) is 0.111. The van der Waals surface area contributed by atoms with E-state index in [2.05, 4.69) is 47.5 Å². The van der Waals surface area contributed by atoms with Crippen molar-refractivity contribution in [2.24, 2.45) is 0 Å². The van der Waals surface area contributed by atoms with Crippen LogP contribution in [0.4, 0.5) is 11.4 Å². The Kier molecular flexibility index (Phi) is 4.24. The molecular weight excluding hydrogens is 466 g/mol. The molecule has 3 N–H and O–H groups in total. The lowest BCUT2D eigenvalue weighted by molar-refractivity contribution is -0.122. The number of rotatable bonds is 2. The van der Waals surface area contributed by atoms with E-state index in [1.807, 2.05) is 12.1 Å². The molecule has 0 saturated carbocycles. The number of aromatic amines is 1. The molecule has 0 aliphatic carbocycles. The van der Waals surface area contributed by atoms with E-state index in [4.69, 9.17) is 4.74 Å². The van der Waals surface area contributed by atoms with Crippen LogP contribution in [0.1, 0.15) is 17.3 Å². The van der Waals surface area contributed by atoms with Gasteiger partial charge in [0.1, 0.15) is 5.75 Å². The van der Waals surface area contributed by atoms with Gasteiger partial charge < -0.3 is 20.4 Å². The Labute approximate surface area is 165 Å². The van der Waals surface area contributed by atoms with E-state index in [1.165, 1.54) is 0 Å². The number of aromatic nitrogens is 1. The zero-order chi connectivity index (χ0) is 18.4. The summed E-state index contributed by atoms with van der Waals surface area (Å²) in [6, 6.07) is 8.93. The SMILES string of the molecule is CC1Oc2ccc(NC(=O)c3c[nH]c4cc(Br)c(Br)cc34)cc2NC1=O. The minimum Gasteiger partial charge on any atom is -0.479 e. The second-order valence-corrected chi connectivity index (χ2v) is 7.64. The number of benzene rings is 2. The van der Waals surface area contributed by atoms with Crippen LogP contribution in [0.25, 0.3) is 10.9 Å². The van der Waals surface area contributed by atoms with E-state index in [1.54, 1.807) is 31.3 Å². The molecule has 1 aliphatic rings. The molecule has 2 heterocycles. The van der Waals surface area contributed by atoms with Crippen molar-refractivity contribution >= 4 is 66.0 Å². The number of halogens is 2. The highest BCUT2D eigenvalue weighted by molar-refractivity contribution is 9.13. The highest BCUT2D eigenvalue weighted by atomic mass is 79.9. The predicted molar refractivity (Wildman–Crippen MR) is 107 cm³/mol.